The predicted molar refractivity (Wildman–Crippen MR) is 132 cm³/mol. The Labute approximate surface area is 197 Å². The Bertz CT molecular complexity index is 1120. The molecule has 1 heterocycles. The van der Waals surface area contributed by atoms with Gasteiger partial charge in [0.05, 0.1) is 11.3 Å². The van der Waals surface area contributed by atoms with E-state index in [2.05, 4.69) is 10.6 Å². The molecule has 32 heavy (non-hydrogen) atoms. The number of hydrogen-bond acceptors (Lipinski definition) is 5. The molecule has 0 atom stereocenters. The van der Waals surface area contributed by atoms with Crippen molar-refractivity contribution in [2.45, 2.75) is 38.2 Å². The highest BCUT2D eigenvalue weighted by atomic mass is 35.5. The third-order valence-corrected chi connectivity index (χ3v) is 6.64. The van der Waals surface area contributed by atoms with E-state index in [0.717, 1.165) is 46.0 Å². The summed E-state index contributed by atoms with van der Waals surface area (Å²) in [6.07, 6.45) is 2.21. The molecule has 0 aliphatic heterocycles. The molecule has 4 rings (SSSR count). The van der Waals surface area contributed by atoms with E-state index in [4.69, 9.17) is 16.3 Å². The van der Waals surface area contributed by atoms with Crippen molar-refractivity contribution in [2.75, 3.05) is 24.3 Å². The third kappa shape index (κ3) is 5.44. The van der Waals surface area contributed by atoms with Crippen molar-refractivity contribution >= 4 is 40.2 Å². The minimum Gasteiger partial charge on any atom is -0.490 e. The number of nitrogens with one attached hydrogen (secondary N) is 2. The van der Waals surface area contributed by atoms with Crippen LogP contribution < -0.4 is 15.4 Å². The highest BCUT2D eigenvalue weighted by Gasteiger charge is 2.28. The van der Waals surface area contributed by atoms with Crippen molar-refractivity contribution < 1.29 is 14.6 Å². The Hall–Kier alpha value is -2.54. The van der Waals surface area contributed by atoms with Crippen LogP contribution in [0.15, 0.2) is 48.5 Å². The van der Waals surface area contributed by atoms with E-state index in [0.29, 0.717) is 15.8 Å². The molecule has 0 bridgehead atoms. The molecule has 7 heteroatoms. The van der Waals surface area contributed by atoms with Crippen LogP contribution in [0.1, 0.15) is 47.8 Å². The first-order chi connectivity index (χ1) is 15.2. The molecular formula is C25H27ClN2O3S. The normalized spacial score (nSPS) is 13.7. The van der Waals surface area contributed by atoms with Crippen LogP contribution in [0.5, 0.6) is 5.75 Å². The molecule has 1 amide bonds. The number of hydrogen-bond donors (Lipinski definition) is 3. The fraction of sp³-hybridized carbons (Fsp3) is 0.320. The second kappa shape index (κ2) is 9.14. The molecule has 1 fully saturated rings. The molecule has 1 aliphatic rings. The first kappa shape index (κ1) is 22.6. The molecule has 0 saturated heterocycles. The van der Waals surface area contributed by atoms with E-state index in [9.17, 15) is 9.90 Å². The molecule has 3 aromatic rings. The van der Waals surface area contributed by atoms with Crippen molar-refractivity contribution in [3.05, 3.63) is 64.0 Å². The van der Waals surface area contributed by atoms with Gasteiger partial charge in [-0.2, -0.15) is 0 Å². The minimum atomic E-state index is -0.905. The van der Waals surface area contributed by atoms with Gasteiger partial charge in [-0.05, 0) is 80.1 Å². The zero-order chi connectivity index (χ0) is 22.9. The molecule has 0 spiro atoms. The van der Waals surface area contributed by atoms with Crippen molar-refractivity contribution in [1.29, 1.82) is 0 Å². The number of aliphatic hydroxyl groups is 1. The summed E-state index contributed by atoms with van der Waals surface area (Å²) < 4.78 is 5.86. The molecule has 0 unspecified atom stereocenters. The maximum absolute atomic E-state index is 13.1. The number of thiophene rings is 1. The van der Waals surface area contributed by atoms with Crippen LogP contribution in [0.3, 0.4) is 0 Å². The molecule has 1 saturated carbocycles. The van der Waals surface area contributed by atoms with E-state index in [1.165, 1.54) is 11.3 Å². The summed E-state index contributed by atoms with van der Waals surface area (Å²) in [7, 11) is 1.81. The fourth-order valence-corrected chi connectivity index (χ4v) is 4.61. The lowest BCUT2D eigenvalue weighted by molar-refractivity contribution is 0.0281. The summed E-state index contributed by atoms with van der Waals surface area (Å²) >= 11 is 7.44. The predicted octanol–water partition coefficient (Wildman–Crippen LogP) is 6.39. The number of rotatable bonds is 8. The van der Waals surface area contributed by atoms with Crippen LogP contribution in [0, 0.1) is 0 Å². The summed E-state index contributed by atoms with van der Waals surface area (Å²) in [4.78, 5) is 14.7. The molecular weight excluding hydrogens is 444 g/mol. The van der Waals surface area contributed by atoms with E-state index in [-0.39, 0.29) is 12.5 Å². The van der Waals surface area contributed by atoms with Crippen molar-refractivity contribution in [3.63, 3.8) is 0 Å². The van der Waals surface area contributed by atoms with Gasteiger partial charge in [0, 0.05) is 22.6 Å². The molecule has 3 N–H and O–H groups in total. The summed E-state index contributed by atoms with van der Waals surface area (Å²) in [5, 5.41) is 16.8. The van der Waals surface area contributed by atoms with Crippen molar-refractivity contribution in [2.24, 2.45) is 0 Å². The average Bonchev–Trinajstić information content (AvgIpc) is 3.51. The lowest BCUT2D eigenvalue weighted by Gasteiger charge is -2.20. The number of carbonyl (C=O) groups excluding carboxylic acids is 1. The van der Waals surface area contributed by atoms with E-state index < -0.39 is 5.60 Å². The first-order valence-electron chi connectivity index (χ1n) is 10.6. The molecule has 168 valence electrons. The summed E-state index contributed by atoms with van der Waals surface area (Å²) in [6.45, 7) is 3.65. The highest BCUT2D eigenvalue weighted by Crippen LogP contribution is 2.45. The van der Waals surface area contributed by atoms with Gasteiger partial charge in [0.25, 0.3) is 5.91 Å². The number of ether oxygens (including phenoxy) is 1. The maximum atomic E-state index is 13.1. The largest absolute Gasteiger partial charge is 0.490 e. The molecule has 5 nitrogen and oxygen atoms in total. The smallest absolute Gasteiger partial charge is 0.267 e. The number of amides is 1. The molecule has 1 aliphatic carbocycles. The fourth-order valence-electron chi connectivity index (χ4n) is 3.42. The van der Waals surface area contributed by atoms with Crippen LogP contribution in [0.25, 0.3) is 10.4 Å². The Morgan fingerprint density at radius 2 is 1.91 bits per heavy atom. The maximum Gasteiger partial charge on any atom is 0.267 e. The lowest BCUT2D eigenvalue weighted by atomic mass is 10.1. The molecule has 0 radical (unpaired) electrons. The topological polar surface area (TPSA) is 70.6 Å². The SMILES string of the molecule is CNc1cc(-c2ccc(Cl)cc2)sc1C(=O)Nc1ccc(OCC(C)(C)O)c(C2CC2)c1. The quantitative estimate of drug-likeness (QED) is 0.356. The van der Waals surface area contributed by atoms with E-state index in [1.807, 2.05) is 55.6 Å². The van der Waals surface area contributed by atoms with Gasteiger partial charge in [-0.1, -0.05) is 23.7 Å². The first-order valence-corrected chi connectivity index (χ1v) is 11.8. The monoisotopic (exact) mass is 470 g/mol. The van der Waals surface area contributed by atoms with Gasteiger partial charge in [0.1, 0.15) is 17.2 Å². The van der Waals surface area contributed by atoms with E-state index >= 15 is 0 Å². The van der Waals surface area contributed by atoms with Crippen molar-refractivity contribution in [3.8, 4) is 16.2 Å². The van der Waals surface area contributed by atoms with Gasteiger partial charge in [-0.15, -0.1) is 11.3 Å². The minimum absolute atomic E-state index is 0.161. The van der Waals surface area contributed by atoms with Gasteiger partial charge in [0.15, 0.2) is 0 Å². The van der Waals surface area contributed by atoms with Crippen LogP contribution in [0.2, 0.25) is 5.02 Å². The Morgan fingerprint density at radius 1 is 1.19 bits per heavy atom. The van der Waals surface area contributed by atoms with E-state index in [1.54, 1.807) is 13.8 Å². The number of anilines is 2. The van der Waals surface area contributed by atoms with Gasteiger partial charge in [0.2, 0.25) is 0 Å². The Morgan fingerprint density at radius 3 is 2.53 bits per heavy atom. The van der Waals surface area contributed by atoms with Crippen LogP contribution >= 0.6 is 22.9 Å². The third-order valence-electron chi connectivity index (χ3n) is 5.20. The zero-order valence-electron chi connectivity index (χ0n) is 18.4. The zero-order valence-corrected chi connectivity index (χ0v) is 19.9. The molecule has 2 aromatic carbocycles. The van der Waals surface area contributed by atoms with Crippen molar-refractivity contribution in [1.82, 2.24) is 0 Å². The number of halogens is 1. The number of benzene rings is 2. The van der Waals surface area contributed by atoms with Gasteiger partial charge < -0.3 is 20.5 Å². The van der Waals surface area contributed by atoms with Gasteiger partial charge >= 0.3 is 0 Å². The average molecular weight is 471 g/mol. The second-order valence-corrected chi connectivity index (χ2v) is 10.2. The summed E-state index contributed by atoms with van der Waals surface area (Å²) in [6, 6.07) is 15.3. The molecule has 1 aromatic heterocycles. The van der Waals surface area contributed by atoms with Crippen LogP contribution in [-0.4, -0.2) is 30.3 Å². The Kier molecular flexibility index (Phi) is 6.47. The summed E-state index contributed by atoms with van der Waals surface area (Å²) in [5.74, 6) is 1.05. The van der Waals surface area contributed by atoms with Crippen LogP contribution in [0.4, 0.5) is 11.4 Å². The summed E-state index contributed by atoms with van der Waals surface area (Å²) in [5.41, 5.74) is 2.70. The van der Waals surface area contributed by atoms with Gasteiger partial charge in [-0.3, -0.25) is 4.79 Å². The Balaban J connectivity index is 1.55. The highest BCUT2D eigenvalue weighted by molar-refractivity contribution is 7.18. The lowest BCUT2D eigenvalue weighted by Crippen LogP contribution is -2.28. The second-order valence-electron chi connectivity index (χ2n) is 8.69. The van der Waals surface area contributed by atoms with Crippen LogP contribution in [-0.2, 0) is 0 Å². The standard InChI is InChI=1S/C25H27ClN2O3S/c1-25(2,30)14-31-21-11-10-18(12-19(21)15-4-5-15)28-24(29)23-20(27-3)13-22(32-23)16-6-8-17(26)9-7-16/h6-13,15,27,30H,4-5,14H2,1-3H3,(H,28,29). The number of carbonyl (C=O) groups is 1. The van der Waals surface area contributed by atoms with Gasteiger partial charge in [-0.25, -0.2) is 0 Å².